The van der Waals surface area contributed by atoms with Gasteiger partial charge in [-0.05, 0) is 48.2 Å². The number of benzene rings is 2. The van der Waals surface area contributed by atoms with Crippen molar-refractivity contribution in [3.63, 3.8) is 0 Å². The minimum atomic E-state index is -5.19. The number of carbonyl (C=O) groups is 2. The van der Waals surface area contributed by atoms with E-state index in [9.17, 15) is 49.1 Å². The Morgan fingerprint density at radius 3 is 2.02 bits per heavy atom. The smallest absolute Gasteiger partial charge is 0.338 e. The molecule has 0 aliphatic heterocycles. The highest BCUT2D eigenvalue weighted by molar-refractivity contribution is 6.48. The van der Waals surface area contributed by atoms with Gasteiger partial charge in [0.25, 0.3) is 11.8 Å². The molecule has 1 aliphatic carbocycles. The molecule has 0 heterocycles. The maximum Gasteiger partial charge on any atom is 0.417 e. The van der Waals surface area contributed by atoms with Gasteiger partial charge in [-0.1, -0.05) is 53.0 Å². The number of hydrogen-bond donors (Lipinski definition) is 1. The van der Waals surface area contributed by atoms with E-state index in [1.807, 2.05) is 5.32 Å². The summed E-state index contributed by atoms with van der Waals surface area (Å²) in [5, 5.41) is 1.22. The summed E-state index contributed by atoms with van der Waals surface area (Å²) < 4.78 is 121. The van der Waals surface area contributed by atoms with Crippen LogP contribution in [0.1, 0.15) is 45.8 Å². The van der Waals surface area contributed by atoms with Gasteiger partial charge < -0.3 is 5.32 Å². The molecule has 2 aromatic carbocycles. The average molecular weight is 672 g/mol. The van der Waals surface area contributed by atoms with Crippen LogP contribution in [0.25, 0.3) is 6.08 Å². The van der Waals surface area contributed by atoms with E-state index in [0.29, 0.717) is 18.2 Å². The van der Waals surface area contributed by atoms with E-state index in [4.69, 9.17) is 34.8 Å². The highest BCUT2D eigenvalue weighted by Crippen LogP contribution is 2.42. The summed E-state index contributed by atoms with van der Waals surface area (Å²) in [6.45, 7) is -1.83. The van der Waals surface area contributed by atoms with Gasteiger partial charge in [-0.25, -0.2) is 5.06 Å². The van der Waals surface area contributed by atoms with E-state index in [1.165, 1.54) is 0 Å². The topological polar surface area (TPSA) is 58.6 Å². The quantitative estimate of drug-likeness (QED) is 0.175. The fourth-order valence-electron chi connectivity index (χ4n) is 3.89. The molecule has 1 aliphatic rings. The Labute approximate surface area is 247 Å². The molecule has 1 unspecified atom stereocenters. The van der Waals surface area contributed by atoms with Crippen molar-refractivity contribution >= 4 is 52.7 Å². The molecule has 1 saturated carbocycles. The van der Waals surface area contributed by atoms with Crippen molar-refractivity contribution in [1.82, 2.24) is 10.4 Å². The summed E-state index contributed by atoms with van der Waals surface area (Å²) in [6, 6.07) is 3.80. The number of nitrogens with one attached hydrogen (secondary N) is 1. The van der Waals surface area contributed by atoms with Crippen LogP contribution in [0.4, 0.5) is 39.5 Å². The fraction of sp³-hybridized carbons (Fsp3) is 0.360. The zero-order valence-corrected chi connectivity index (χ0v) is 23.2. The van der Waals surface area contributed by atoms with Gasteiger partial charge in [0.1, 0.15) is 12.1 Å². The number of hydroxylamine groups is 2. The van der Waals surface area contributed by atoms with E-state index in [-0.39, 0.29) is 38.5 Å². The molecule has 3 rings (SSSR count). The van der Waals surface area contributed by atoms with Crippen LogP contribution in [0.3, 0.4) is 0 Å². The van der Waals surface area contributed by atoms with Crippen LogP contribution in [0, 0.1) is 0 Å². The third kappa shape index (κ3) is 8.03. The predicted molar refractivity (Wildman–Crippen MR) is 135 cm³/mol. The third-order valence-corrected chi connectivity index (χ3v) is 7.27. The van der Waals surface area contributed by atoms with Crippen molar-refractivity contribution in [2.75, 3.05) is 13.7 Å². The van der Waals surface area contributed by atoms with Gasteiger partial charge in [0.05, 0.1) is 39.2 Å². The maximum absolute atomic E-state index is 13.9. The molecule has 0 radical (unpaired) electrons. The molecule has 0 saturated heterocycles. The Morgan fingerprint density at radius 2 is 1.57 bits per heavy atom. The van der Waals surface area contributed by atoms with Gasteiger partial charge in [-0.15, -0.1) is 0 Å². The molecule has 2 amide bonds. The molecule has 0 aromatic heterocycles. The van der Waals surface area contributed by atoms with Crippen molar-refractivity contribution in [3.8, 4) is 0 Å². The minimum absolute atomic E-state index is 0.0655. The summed E-state index contributed by atoms with van der Waals surface area (Å²) in [4.78, 5) is 29.8. The first-order valence-corrected chi connectivity index (χ1v) is 12.7. The zero-order chi connectivity index (χ0) is 31.8. The second kappa shape index (κ2) is 12.1. The van der Waals surface area contributed by atoms with Gasteiger partial charge in [0.15, 0.2) is 0 Å². The van der Waals surface area contributed by atoms with Crippen LogP contribution in [-0.4, -0.2) is 48.4 Å². The van der Waals surface area contributed by atoms with Gasteiger partial charge in [-0.3, -0.25) is 14.4 Å². The molecule has 2 aromatic rings. The number of halogens is 12. The molecular weight excluding hydrogens is 654 g/mol. The first kappa shape index (κ1) is 33.8. The maximum atomic E-state index is 13.9. The lowest BCUT2D eigenvalue weighted by Gasteiger charge is -2.26. The number of allylic oxidation sites excluding steroid dienone is 1. The third-order valence-electron chi connectivity index (χ3n) is 6.07. The zero-order valence-electron chi connectivity index (χ0n) is 20.9. The average Bonchev–Trinajstić information content (AvgIpc) is 3.63. The summed E-state index contributed by atoms with van der Waals surface area (Å²) >= 11 is 17.4. The molecular formula is C25H18Cl3F9N2O3. The van der Waals surface area contributed by atoms with E-state index < -0.39 is 65.0 Å². The first-order chi connectivity index (χ1) is 19.2. The molecule has 1 fully saturated rings. The molecule has 1 atom stereocenters. The highest BCUT2D eigenvalue weighted by Gasteiger charge is 2.55. The standard InChI is InChI=1S/C25H18Cl3F9N2O3/c1-42-39(11-23(29,30)31)21(41)22(6-7-22)38-20(40)14-4-2-12(8-16(14)25(35,36)37)3-5-15(24(32,33)34)13-9-17(26)19(28)18(27)10-13/h2-5,8-10,15H,6-7,11H2,1H3,(H,38,40). The predicted octanol–water partition coefficient (Wildman–Crippen LogP) is 8.24. The lowest BCUT2D eigenvalue weighted by molar-refractivity contribution is -0.225. The Morgan fingerprint density at radius 1 is 1.00 bits per heavy atom. The number of alkyl halides is 9. The second-order valence-corrected chi connectivity index (χ2v) is 10.3. The number of carbonyl (C=O) groups excluding carboxylic acids is 2. The normalized spacial score (nSPS) is 15.9. The number of hydrogen-bond acceptors (Lipinski definition) is 3. The van der Waals surface area contributed by atoms with Crippen LogP contribution in [0.2, 0.25) is 15.1 Å². The second-order valence-electron chi connectivity index (χ2n) is 9.16. The lowest BCUT2D eigenvalue weighted by atomic mass is 9.96. The first-order valence-electron chi connectivity index (χ1n) is 11.5. The van der Waals surface area contributed by atoms with E-state index in [2.05, 4.69) is 4.84 Å². The molecule has 42 heavy (non-hydrogen) atoms. The van der Waals surface area contributed by atoms with Crippen LogP contribution < -0.4 is 5.32 Å². The summed E-state index contributed by atoms with van der Waals surface area (Å²) in [5.74, 6) is -5.11. The van der Waals surface area contributed by atoms with Gasteiger partial charge >= 0.3 is 18.5 Å². The van der Waals surface area contributed by atoms with Gasteiger partial charge in [-0.2, -0.15) is 39.5 Å². The summed E-state index contributed by atoms with van der Waals surface area (Å²) in [7, 11) is 0.773. The Balaban J connectivity index is 1.92. The Hall–Kier alpha value is -2.68. The van der Waals surface area contributed by atoms with Crippen LogP contribution in [-0.2, 0) is 15.8 Å². The van der Waals surface area contributed by atoms with E-state index in [1.54, 1.807) is 0 Å². The van der Waals surface area contributed by atoms with Crippen LogP contribution in [0.5, 0.6) is 0 Å². The molecule has 230 valence electrons. The minimum Gasteiger partial charge on any atom is -0.338 e. The van der Waals surface area contributed by atoms with E-state index >= 15 is 0 Å². The molecule has 1 N–H and O–H groups in total. The van der Waals surface area contributed by atoms with Crippen molar-refractivity contribution < 1.29 is 53.9 Å². The number of amides is 2. The van der Waals surface area contributed by atoms with Crippen molar-refractivity contribution in [2.24, 2.45) is 0 Å². The van der Waals surface area contributed by atoms with Crippen LogP contribution in [0.15, 0.2) is 36.4 Å². The van der Waals surface area contributed by atoms with Crippen molar-refractivity contribution in [3.05, 3.63) is 73.7 Å². The molecule has 0 bridgehead atoms. The highest BCUT2D eigenvalue weighted by atomic mass is 35.5. The van der Waals surface area contributed by atoms with Gasteiger partial charge in [0.2, 0.25) is 0 Å². The number of nitrogens with zero attached hydrogens (tertiary/aromatic N) is 1. The lowest BCUT2D eigenvalue weighted by Crippen LogP contribution is -2.52. The van der Waals surface area contributed by atoms with Crippen molar-refractivity contribution in [2.45, 2.75) is 42.8 Å². The summed E-state index contributed by atoms with van der Waals surface area (Å²) in [6.07, 6.45) is -14.0. The fourth-order valence-corrected chi connectivity index (χ4v) is 4.51. The molecule has 0 spiro atoms. The van der Waals surface area contributed by atoms with Gasteiger partial charge in [0, 0.05) is 0 Å². The number of rotatable bonds is 8. The van der Waals surface area contributed by atoms with Crippen molar-refractivity contribution in [1.29, 1.82) is 0 Å². The largest absolute Gasteiger partial charge is 0.417 e. The monoisotopic (exact) mass is 670 g/mol. The SMILES string of the molecule is CON(CC(F)(F)F)C(=O)C1(NC(=O)c2ccc(C=CC(c3cc(Cl)c(Cl)c(Cl)c3)C(F)(F)F)cc2C(F)(F)F)CC1. The van der Waals surface area contributed by atoms with Crippen LogP contribution >= 0.6 is 34.8 Å². The summed E-state index contributed by atoms with van der Waals surface area (Å²) in [5.41, 5.74) is -5.33. The van der Waals surface area contributed by atoms with E-state index in [0.717, 1.165) is 31.4 Å². The Bertz CT molecular complexity index is 1360. The molecule has 17 heteroatoms. The molecule has 5 nitrogen and oxygen atoms in total. The Kier molecular flexibility index (Phi) is 9.77.